The summed E-state index contributed by atoms with van der Waals surface area (Å²) in [7, 11) is 1.67. The molecule has 0 saturated carbocycles. The summed E-state index contributed by atoms with van der Waals surface area (Å²) in [6.07, 6.45) is 1.67. The topological polar surface area (TPSA) is 22.4 Å². The lowest BCUT2D eigenvalue weighted by Gasteiger charge is -2.07. The van der Waals surface area contributed by atoms with Gasteiger partial charge in [0.15, 0.2) is 0 Å². The molecule has 0 aliphatic heterocycles. The second-order valence-electron chi connectivity index (χ2n) is 3.11. The first-order valence-corrected chi connectivity index (χ1v) is 4.50. The molecule has 0 atom stereocenters. The van der Waals surface area contributed by atoms with Gasteiger partial charge in [-0.2, -0.15) is 0 Å². The van der Waals surface area contributed by atoms with Crippen LogP contribution in [0.1, 0.15) is 5.56 Å². The van der Waals surface area contributed by atoms with E-state index in [1.165, 1.54) is 0 Å². The lowest BCUT2D eigenvalue weighted by atomic mass is 10.1. The first-order valence-electron chi connectivity index (χ1n) is 4.50. The Morgan fingerprint density at radius 2 is 2.00 bits per heavy atom. The Labute approximate surface area is 83.1 Å². The quantitative estimate of drug-likeness (QED) is 0.721. The van der Waals surface area contributed by atoms with Crippen LogP contribution in [0.3, 0.4) is 0 Å². The van der Waals surface area contributed by atoms with E-state index in [1.807, 2.05) is 37.3 Å². The van der Waals surface area contributed by atoms with Crippen LogP contribution in [0.2, 0.25) is 0 Å². The molecule has 0 N–H and O–H groups in total. The predicted octanol–water partition coefficient (Wildman–Crippen LogP) is 3.26. The summed E-state index contributed by atoms with van der Waals surface area (Å²) in [6, 6.07) is 9.76. The molecular formula is C12H12O2. The molecule has 14 heavy (non-hydrogen) atoms. The van der Waals surface area contributed by atoms with Crippen LogP contribution in [0.5, 0.6) is 5.75 Å². The zero-order valence-electron chi connectivity index (χ0n) is 8.28. The van der Waals surface area contributed by atoms with E-state index in [2.05, 4.69) is 0 Å². The molecule has 0 saturated heterocycles. The van der Waals surface area contributed by atoms with Crippen molar-refractivity contribution >= 4 is 0 Å². The average Bonchev–Trinajstić information content (AvgIpc) is 2.71. The molecule has 2 nitrogen and oxygen atoms in total. The molecule has 0 bridgehead atoms. The average molecular weight is 188 g/mol. The Kier molecular flexibility index (Phi) is 2.27. The molecule has 2 heteroatoms. The van der Waals surface area contributed by atoms with Gasteiger partial charge in [-0.15, -0.1) is 0 Å². The van der Waals surface area contributed by atoms with Gasteiger partial charge in [-0.3, -0.25) is 0 Å². The van der Waals surface area contributed by atoms with E-state index in [9.17, 15) is 0 Å². The number of hydrogen-bond acceptors (Lipinski definition) is 2. The van der Waals surface area contributed by atoms with Crippen LogP contribution in [-0.2, 0) is 0 Å². The van der Waals surface area contributed by atoms with Crippen LogP contribution < -0.4 is 4.74 Å². The molecule has 0 aliphatic carbocycles. The maximum absolute atomic E-state index is 5.34. The van der Waals surface area contributed by atoms with Crippen molar-refractivity contribution < 1.29 is 9.15 Å². The third-order valence-corrected chi connectivity index (χ3v) is 2.29. The van der Waals surface area contributed by atoms with Crippen molar-refractivity contribution in [3.8, 4) is 17.1 Å². The van der Waals surface area contributed by atoms with E-state index < -0.39 is 0 Å². The largest absolute Gasteiger partial charge is 0.496 e. The Balaban J connectivity index is 2.54. The number of hydrogen-bond donors (Lipinski definition) is 0. The van der Waals surface area contributed by atoms with Gasteiger partial charge in [-0.25, -0.2) is 0 Å². The minimum absolute atomic E-state index is 0.876. The van der Waals surface area contributed by atoms with Crippen molar-refractivity contribution in [1.29, 1.82) is 0 Å². The van der Waals surface area contributed by atoms with Gasteiger partial charge in [0.05, 0.1) is 13.4 Å². The van der Waals surface area contributed by atoms with Crippen LogP contribution in [0.15, 0.2) is 41.0 Å². The zero-order valence-corrected chi connectivity index (χ0v) is 8.28. The van der Waals surface area contributed by atoms with Crippen molar-refractivity contribution in [3.63, 3.8) is 0 Å². The first kappa shape index (κ1) is 8.88. The van der Waals surface area contributed by atoms with Gasteiger partial charge in [0.2, 0.25) is 0 Å². The summed E-state index contributed by atoms with van der Waals surface area (Å²) in [5.41, 5.74) is 2.18. The molecule has 0 spiro atoms. The minimum atomic E-state index is 0.876. The molecule has 0 radical (unpaired) electrons. The van der Waals surface area contributed by atoms with E-state index in [1.54, 1.807) is 13.4 Å². The Morgan fingerprint density at radius 3 is 2.64 bits per heavy atom. The normalized spacial score (nSPS) is 10.1. The predicted molar refractivity (Wildman–Crippen MR) is 55.4 cm³/mol. The first-order chi connectivity index (χ1) is 6.83. The van der Waals surface area contributed by atoms with Gasteiger partial charge in [0.25, 0.3) is 0 Å². The van der Waals surface area contributed by atoms with Crippen LogP contribution in [0.25, 0.3) is 11.3 Å². The summed E-state index contributed by atoms with van der Waals surface area (Å²) in [4.78, 5) is 0. The lowest BCUT2D eigenvalue weighted by molar-refractivity contribution is 0.411. The van der Waals surface area contributed by atoms with Crippen molar-refractivity contribution in [2.24, 2.45) is 0 Å². The molecule has 2 aromatic rings. The van der Waals surface area contributed by atoms with Crippen LogP contribution in [0.4, 0.5) is 0 Å². The molecule has 1 aromatic heterocycles. The molecule has 1 aromatic carbocycles. The van der Waals surface area contributed by atoms with Crippen LogP contribution >= 0.6 is 0 Å². The van der Waals surface area contributed by atoms with Gasteiger partial charge in [-0.1, -0.05) is 12.1 Å². The highest BCUT2D eigenvalue weighted by molar-refractivity contribution is 5.65. The van der Waals surface area contributed by atoms with Gasteiger partial charge in [0, 0.05) is 11.1 Å². The van der Waals surface area contributed by atoms with Gasteiger partial charge >= 0.3 is 0 Å². The van der Waals surface area contributed by atoms with Crippen molar-refractivity contribution in [2.75, 3.05) is 7.11 Å². The maximum atomic E-state index is 5.34. The summed E-state index contributed by atoms with van der Waals surface area (Å²) in [6.45, 7) is 2.02. The fourth-order valence-electron chi connectivity index (χ4n) is 1.53. The van der Waals surface area contributed by atoms with Gasteiger partial charge in [-0.05, 0) is 25.1 Å². The van der Waals surface area contributed by atoms with E-state index in [0.717, 1.165) is 22.6 Å². The molecule has 1 heterocycles. The van der Waals surface area contributed by atoms with E-state index in [0.29, 0.717) is 0 Å². The summed E-state index contributed by atoms with van der Waals surface area (Å²) in [5, 5.41) is 0. The van der Waals surface area contributed by atoms with E-state index in [4.69, 9.17) is 9.15 Å². The fraction of sp³-hybridized carbons (Fsp3) is 0.167. The number of ether oxygens (including phenoxy) is 1. The second kappa shape index (κ2) is 3.58. The Hall–Kier alpha value is -1.70. The fourth-order valence-corrected chi connectivity index (χ4v) is 1.53. The second-order valence-corrected chi connectivity index (χ2v) is 3.11. The maximum Gasteiger partial charge on any atom is 0.134 e. The Morgan fingerprint density at radius 1 is 1.14 bits per heavy atom. The highest BCUT2D eigenvalue weighted by atomic mass is 16.5. The highest BCUT2D eigenvalue weighted by Crippen LogP contribution is 2.29. The number of methoxy groups -OCH3 is 1. The molecular weight excluding hydrogens is 176 g/mol. The number of furan rings is 1. The standard InChI is InChI=1S/C12H12O2/c1-9-10(12-7-4-8-14-12)5-3-6-11(9)13-2/h3-8H,1-2H3. The monoisotopic (exact) mass is 188 g/mol. The summed E-state index contributed by atoms with van der Waals surface area (Å²) in [5.74, 6) is 1.76. The van der Waals surface area contributed by atoms with Crippen LogP contribution in [-0.4, -0.2) is 7.11 Å². The van der Waals surface area contributed by atoms with Gasteiger partial charge < -0.3 is 9.15 Å². The molecule has 2 rings (SSSR count). The molecule has 72 valence electrons. The summed E-state index contributed by atoms with van der Waals surface area (Å²) >= 11 is 0. The third kappa shape index (κ3) is 1.39. The third-order valence-electron chi connectivity index (χ3n) is 2.29. The van der Waals surface area contributed by atoms with Crippen molar-refractivity contribution in [2.45, 2.75) is 6.92 Å². The molecule has 0 unspecified atom stereocenters. The van der Waals surface area contributed by atoms with E-state index >= 15 is 0 Å². The smallest absolute Gasteiger partial charge is 0.134 e. The summed E-state index contributed by atoms with van der Waals surface area (Å²) < 4.78 is 10.6. The molecule has 0 fully saturated rings. The molecule has 0 amide bonds. The van der Waals surface area contributed by atoms with E-state index in [-0.39, 0.29) is 0 Å². The zero-order chi connectivity index (χ0) is 9.97. The van der Waals surface area contributed by atoms with Crippen molar-refractivity contribution in [1.82, 2.24) is 0 Å². The Bertz CT molecular complexity index is 416. The number of benzene rings is 1. The van der Waals surface area contributed by atoms with Crippen molar-refractivity contribution in [3.05, 3.63) is 42.2 Å². The van der Waals surface area contributed by atoms with Gasteiger partial charge in [0.1, 0.15) is 11.5 Å². The lowest BCUT2D eigenvalue weighted by Crippen LogP contribution is -1.88. The number of rotatable bonds is 2. The SMILES string of the molecule is COc1cccc(-c2ccco2)c1C. The molecule has 0 aliphatic rings. The van der Waals surface area contributed by atoms with Crippen LogP contribution in [0, 0.1) is 6.92 Å². The minimum Gasteiger partial charge on any atom is -0.496 e. The highest BCUT2D eigenvalue weighted by Gasteiger charge is 2.07.